The fourth-order valence-corrected chi connectivity index (χ4v) is 7.43. The highest BCUT2D eigenvalue weighted by Gasteiger charge is 2.34. The minimum Gasteiger partial charge on any atom is -0.478 e. The van der Waals surface area contributed by atoms with Gasteiger partial charge in [0.25, 0.3) is 0 Å². The molecule has 2 atom stereocenters. The normalized spacial score (nSPS) is 22.1. The Bertz CT molecular complexity index is 520. The quantitative estimate of drug-likeness (QED) is 0.317. The van der Waals surface area contributed by atoms with Gasteiger partial charge in [0.2, 0.25) is 4.38 Å². The molecule has 150 valence electrons. The Morgan fingerprint density at radius 1 is 1.38 bits per heavy atom. The highest BCUT2D eigenvalue weighted by molar-refractivity contribution is 8.23. The molecule has 0 aromatic rings. The number of thiocarbonyl (C=S) groups is 1. The zero-order valence-corrected chi connectivity index (χ0v) is 19.9. The average molecular weight is 417 g/mol. The monoisotopic (exact) mass is 416 g/mol. The predicted octanol–water partition coefficient (Wildman–Crippen LogP) is 5.59. The Balaban J connectivity index is 2.63. The molecule has 2 unspecified atom stereocenters. The Morgan fingerprint density at radius 3 is 2.54 bits per heavy atom. The topological polar surface area (TPSA) is 46.5 Å². The molecule has 0 saturated heterocycles. The van der Waals surface area contributed by atoms with Gasteiger partial charge in [-0.15, -0.1) is 0 Å². The largest absolute Gasteiger partial charge is 0.478 e. The van der Waals surface area contributed by atoms with Gasteiger partial charge in [0.15, 0.2) is 5.78 Å². The molecule has 0 aromatic carbocycles. The molecule has 0 aliphatic heterocycles. The van der Waals surface area contributed by atoms with E-state index in [0.717, 1.165) is 25.3 Å². The first-order chi connectivity index (χ1) is 11.8. The predicted molar refractivity (Wildman–Crippen MR) is 120 cm³/mol. The summed E-state index contributed by atoms with van der Waals surface area (Å²) in [4.78, 5) is 12.6. The number of hydrogen-bond donors (Lipinski definition) is 1. The lowest BCUT2D eigenvalue weighted by atomic mass is 9.85. The molecule has 0 bridgehead atoms. The minimum atomic E-state index is -1.30. The minimum absolute atomic E-state index is 0.0591. The van der Waals surface area contributed by atoms with Gasteiger partial charge >= 0.3 is 0 Å². The molecule has 1 N–H and O–H groups in total. The second kappa shape index (κ2) is 9.85. The maximum absolute atomic E-state index is 12.6. The van der Waals surface area contributed by atoms with Gasteiger partial charge in [-0.3, -0.25) is 4.79 Å². The van der Waals surface area contributed by atoms with Crippen molar-refractivity contribution >= 4 is 42.2 Å². The summed E-state index contributed by atoms with van der Waals surface area (Å²) < 4.78 is 6.33. The van der Waals surface area contributed by atoms with E-state index in [1.54, 1.807) is 17.8 Å². The number of carbonyl (C=O) groups is 1. The molecule has 1 aliphatic rings. The molecule has 26 heavy (non-hydrogen) atoms. The fraction of sp³-hybridized carbons (Fsp3) is 0.800. The summed E-state index contributed by atoms with van der Waals surface area (Å²) in [6.07, 6.45) is 7.11. The van der Waals surface area contributed by atoms with Gasteiger partial charge in [0.05, 0.1) is 6.61 Å². The van der Waals surface area contributed by atoms with E-state index in [4.69, 9.17) is 17.0 Å². The van der Waals surface area contributed by atoms with Crippen LogP contribution in [-0.2, 0) is 9.53 Å². The molecule has 0 heterocycles. The van der Waals surface area contributed by atoms with E-state index in [1.807, 2.05) is 6.08 Å². The number of hydrogen-bond acceptors (Lipinski definition) is 5. The number of thioether (sulfide) groups is 1. The number of carbonyl (C=O) groups excluding carboxylic acids is 1. The van der Waals surface area contributed by atoms with E-state index in [-0.39, 0.29) is 16.4 Å². The Kier molecular flexibility index (Phi) is 9.04. The zero-order valence-electron chi connectivity index (χ0n) is 17.3. The Morgan fingerprint density at radius 2 is 2.04 bits per heavy atom. The van der Waals surface area contributed by atoms with Crippen molar-refractivity contribution in [2.75, 3.05) is 6.61 Å². The molecule has 0 aromatic heterocycles. The van der Waals surface area contributed by atoms with Crippen LogP contribution in [0.1, 0.15) is 52.9 Å². The summed E-state index contributed by atoms with van der Waals surface area (Å²) in [5.74, 6) is -0.0591. The third-order valence-electron chi connectivity index (χ3n) is 4.22. The van der Waals surface area contributed by atoms with Crippen LogP contribution in [0.4, 0.5) is 0 Å². The van der Waals surface area contributed by atoms with Crippen molar-refractivity contribution in [2.45, 2.75) is 89.4 Å². The lowest BCUT2D eigenvalue weighted by Crippen LogP contribution is -2.38. The van der Waals surface area contributed by atoms with E-state index in [2.05, 4.69) is 40.4 Å². The summed E-state index contributed by atoms with van der Waals surface area (Å²) in [6, 6.07) is 1.08. The molecule has 0 saturated carbocycles. The van der Waals surface area contributed by atoms with E-state index < -0.39 is 13.7 Å². The van der Waals surface area contributed by atoms with Gasteiger partial charge in [-0.2, -0.15) is 0 Å². The highest BCUT2D eigenvalue weighted by atomic mass is 32.2. The zero-order chi connectivity index (χ0) is 20.0. The van der Waals surface area contributed by atoms with Crippen molar-refractivity contribution < 1.29 is 14.6 Å². The molecule has 1 aliphatic carbocycles. The number of allylic oxidation sites excluding steroid dienone is 1. The number of aliphatic hydroxyl groups is 1. The third kappa shape index (κ3) is 9.67. The van der Waals surface area contributed by atoms with Crippen molar-refractivity contribution in [1.29, 1.82) is 0 Å². The fourth-order valence-electron chi connectivity index (χ4n) is 2.92. The SMILES string of the molecule is CC(C)(C)COC(=S)SC(CCC(=O)C1(O)C=CCCC1)C[Si](C)(C)C. The standard InChI is InChI=1S/C20H36O3S2Si/c1-19(2,3)15-23-18(24)25-16(14-26(4,5)6)10-11-17(21)20(22)12-8-7-9-13-20/h8,12,16,22H,7,9-11,13-15H2,1-6H3. The lowest BCUT2D eigenvalue weighted by molar-refractivity contribution is -0.133. The number of Topliss-reactive ketones (excluding diaryl/α,β-unsaturated/α-hetero) is 1. The average Bonchev–Trinajstić information content (AvgIpc) is 2.49. The molecule has 3 nitrogen and oxygen atoms in total. The first-order valence-corrected chi connectivity index (χ1v) is 14.6. The van der Waals surface area contributed by atoms with Gasteiger partial charge in [-0.05, 0) is 55.4 Å². The first kappa shape index (κ1) is 23.9. The van der Waals surface area contributed by atoms with Crippen molar-refractivity contribution in [1.82, 2.24) is 0 Å². The summed E-state index contributed by atoms with van der Waals surface area (Å²) >= 11 is 7.02. The van der Waals surface area contributed by atoms with Crippen molar-refractivity contribution in [3.05, 3.63) is 12.2 Å². The number of ether oxygens (including phenoxy) is 1. The number of ketones is 1. The summed E-state index contributed by atoms with van der Waals surface area (Å²) in [5.41, 5.74) is -1.18. The smallest absolute Gasteiger partial charge is 0.220 e. The third-order valence-corrected chi connectivity index (χ3v) is 7.69. The maximum Gasteiger partial charge on any atom is 0.220 e. The van der Waals surface area contributed by atoms with Crippen LogP contribution in [-0.4, -0.2) is 40.8 Å². The van der Waals surface area contributed by atoms with Crippen LogP contribution in [0.15, 0.2) is 12.2 Å². The molecule has 0 fully saturated rings. The Labute approximate surface area is 170 Å². The summed E-state index contributed by atoms with van der Waals surface area (Å²) in [5, 5.41) is 10.8. The van der Waals surface area contributed by atoms with Gasteiger partial charge in [-0.25, -0.2) is 0 Å². The van der Waals surface area contributed by atoms with Crippen LogP contribution in [0.25, 0.3) is 0 Å². The van der Waals surface area contributed by atoms with Crippen molar-refractivity contribution in [3.63, 3.8) is 0 Å². The van der Waals surface area contributed by atoms with Crippen LogP contribution in [0.5, 0.6) is 0 Å². The van der Waals surface area contributed by atoms with Gasteiger partial charge in [0, 0.05) is 19.7 Å². The van der Waals surface area contributed by atoms with Gasteiger partial charge in [-0.1, -0.05) is 58.3 Å². The van der Waals surface area contributed by atoms with Crippen LogP contribution < -0.4 is 0 Å². The second-order valence-electron chi connectivity index (χ2n) is 9.78. The second-order valence-corrected chi connectivity index (χ2v) is 17.2. The van der Waals surface area contributed by atoms with Crippen LogP contribution in [0.2, 0.25) is 25.7 Å². The first-order valence-electron chi connectivity index (χ1n) is 9.58. The highest BCUT2D eigenvalue weighted by Crippen LogP contribution is 2.31. The molecule has 1 rings (SSSR count). The van der Waals surface area contributed by atoms with Gasteiger partial charge < -0.3 is 9.84 Å². The van der Waals surface area contributed by atoms with Crippen molar-refractivity contribution in [3.8, 4) is 0 Å². The van der Waals surface area contributed by atoms with Gasteiger partial charge in [0.1, 0.15) is 5.60 Å². The van der Waals surface area contributed by atoms with Crippen molar-refractivity contribution in [2.24, 2.45) is 5.41 Å². The van der Waals surface area contributed by atoms with Crippen LogP contribution >= 0.6 is 24.0 Å². The molecule has 6 heteroatoms. The molecule has 0 spiro atoms. The lowest BCUT2D eigenvalue weighted by Gasteiger charge is -2.28. The molecular formula is C20H36O3S2Si. The van der Waals surface area contributed by atoms with E-state index >= 15 is 0 Å². The molecular weight excluding hydrogens is 380 g/mol. The molecule has 0 amide bonds. The maximum atomic E-state index is 12.6. The van der Waals surface area contributed by atoms with E-state index in [0.29, 0.717) is 23.8 Å². The molecule has 0 radical (unpaired) electrons. The number of rotatable bonds is 8. The van der Waals surface area contributed by atoms with E-state index in [1.165, 1.54) is 0 Å². The summed E-state index contributed by atoms with van der Waals surface area (Å²) in [7, 11) is -1.30. The van der Waals surface area contributed by atoms with E-state index in [9.17, 15) is 9.90 Å². The van der Waals surface area contributed by atoms with Crippen LogP contribution in [0, 0.1) is 5.41 Å². The Hall–Kier alpha value is -0.173. The summed E-state index contributed by atoms with van der Waals surface area (Å²) in [6.45, 7) is 14.0. The van der Waals surface area contributed by atoms with Crippen LogP contribution in [0.3, 0.4) is 0 Å².